The highest BCUT2D eigenvalue weighted by Gasteiger charge is 2.49. The number of carbonyl (C=O) groups excluding carboxylic acids is 1. The van der Waals surface area contributed by atoms with E-state index in [0.29, 0.717) is 11.4 Å². The maximum absolute atomic E-state index is 12.4. The summed E-state index contributed by atoms with van der Waals surface area (Å²) in [5.74, 6) is -1.15. The van der Waals surface area contributed by atoms with Gasteiger partial charge in [-0.1, -0.05) is 23.7 Å². The third-order valence-electron chi connectivity index (χ3n) is 2.92. The first-order valence-electron chi connectivity index (χ1n) is 6.97. The van der Waals surface area contributed by atoms with E-state index in [0.717, 1.165) is 5.56 Å². The van der Waals surface area contributed by atoms with E-state index >= 15 is 0 Å². The molecule has 10 heteroatoms. The molecule has 1 rings (SSSR count). The van der Waals surface area contributed by atoms with Crippen LogP contribution in [0.1, 0.15) is 25.3 Å². The van der Waals surface area contributed by atoms with Crippen molar-refractivity contribution in [3.05, 3.63) is 34.9 Å². The lowest BCUT2D eigenvalue weighted by atomic mass is 10.1. The number of ether oxygens (including phenoxy) is 1. The number of esters is 1. The van der Waals surface area contributed by atoms with E-state index in [-0.39, 0.29) is 19.4 Å². The molecule has 136 valence electrons. The Morgan fingerprint density at radius 3 is 2.33 bits per heavy atom. The van der Waals surface area contributed by atoms with E-state index in [9.17, 15) is 26.4 Å². The molecule has 0 saturated heterocycles. The van der Waals surface area contributed by atoms with E-state index in [4.69, 9.17) is 11.6 Å². The van der Waals surface area contributed by atoms with Crippen LogP contribution in [0.2, 0.25) is 5.02 Å². The third kappa shape index (κ3) is 6.29. The first kappa shape index (κ1) is 20.7. The van der Waals surface area contributed by atoms with Gasteiger partial charge in [0.2, 0.25) is 0 Å². The average molecular weight is 389 g/mol. The van der Waals surface area contributed by atoms with Crippen LogP contribution in [-0.2, 0) is 30.3 Å². The smallest absolute Gasteiger partial charge is 0.464 e. The summed E-state index contributed by atoms with van der Waals surface area (Å²) in [5.41, 5.74) is -4.77. The second-order valence-electron chi connectivity index (χ2n) is 4.76. The van der Waals surface area contributed by atoms with E-state index in [1.54, 1.807) is 24.3 Å². The monoisotopic (exact) mass is 388 g/mol. The SMILES string of the molecule is CCOC(=O)C(CCCc1ccc(Cl)cc1)OS(=O)(=O)C(F)(F)F. The van der Waals surface area contributed by atoms with Crippen molar-refractivity contribution >= 4 is 27.7 Å². The predicted octanol–water partition coefficient (Wildman–Crippen LogP) is 3.46. The van der Waals surface area contributed by atoms with Crippen molar-refractivity contribution < 1.29 is 35.3 Å². The molecule has 0 heterocycles. The van der Waals surface area contributed by atoms with Crippen molar-refractivity contribution in [3.63, 3.8) is 0 Å². The zero-order valence-electron chi connectivity index (χ0n) is 12.7. The Bertz CT molecular complexity index is 643. The second kappa shape index (κ2) is 8.68. The van der Waals surface area contributed by atoms with E-state index in [1.165, 1.54) is 6.92 Å². The minimum absolute atomic E-state index is 0.109. The van der Waals surface area contributed by atoms with Gasteiger partial charge in [-0.25, -0.2) is 8.98 Å². The van der Waals surface area contributed by atoms with Crippen molar-refractivity contribution in [3.8, 4) is 0 Å². The highest BCUT2D eigenvalue weighted by Crippen LogP contribution is 2.27. The van der Waals surface area contributed by atoms with Gasteiger partial charge in [0.15, 0.2) is 6.10 Å². The van der Waals surface area contributed by atoms with Gasteiger partial charge in [0.25, 0.3) is 0 Å². The molecule has 1 unspecified atom stereocenters. The molecule has 1 atom stereocenters. The Balaban J connectivity index is 2.72. The normalized spacial score (nSPS) is 13.5. The Kier molecular flexibility index (Phi) is 7.50. The quantitative estimate of drug-likeness (QED) is 0.387. The summed E-state index contributed by atoms with van der Waals surface area (Å²) in [6, 6.07) is 6.72. The largest absolute Gasteiger partial charge is 0.523 e. The first-order valence-corrected chi connectivity index (χ1v) is 8.76. The molecule has 0 saturated carbocycles. The fourth-order valence-corrected chi connectivity index (χ4v) is 2.51. The predicted molar refractivity (Wildman–Crippen MR) is 80.9 cm³/mol. The maximum atomic E-state index is 12.4. The van der Waals surface area contributed by atoms with Crippen LogP contribution in [0.3, 0.4) is 0 Å². The lowest BCUT2D eigenvalue weighted by Crippen LogP contribution is -2.35. The summed E-state index contributed by atoms with van der Waals surface area (Å²) < 4.78 is 67.9. The Morgan fingerprint density at radius 2 is 1.83 bits per heavy atom. The zero-order valence-corrected chi connectivity index (χ0v) is 14.2. The van der Waals surface area contributed by atoms with Gasteiger partial charge in [-0.3, -0.25) is 0 Å². The van der Waals surface area contributed by atoms with Crippen LogP contribution in [0.25, 0.3) is 0 Å². The molecule has 5 nitrogen and oxygen atoms in total. The summed E-state index contributed by atoms with van der Waals surface area (Å²) in [6.07, 6.45) is -1.46. The van der Waals surface area contributed by atoms with Crippen molar-refractivity contribution in [2.75, 3.05) is 6.61 Å². The van der Waals surface area contributed by atoms with Crippen LogP contribution in [0.5, 0.6) is 0 Å². The molecule has 0 fully saturated rings. The molecule has 0 aliphatic heterocycles. The average Bonchev–Trinajstić information content (AvgIpc) is 2.47. The van der Waals surface area contributed by atoms with Crippen molar-refractivity contribution in [2.24, 2.45) is 0 Å². The lowest BCUT2D eigenvalue weighted by Gasteiger charge is -2.17. The van der Waals surface area contributed by atoms with Gasteiger partial charge >= 0.3 is 21.6 Å². The minimum atomic E-state index is -5.88. The van der Waals surface area contributed by atoms with Crippen molar-refractivity contribution in [1.82, 2.24) is 0 Å². The standard InChI is InChI=1S/C14H16ClF3O5S/c1-2-22-13(19)12(23-24(20,21)14(16,17)18)5-3-4-10-6-8-11(15)9-7-10/h6-9,12H,2-5H2,1H3. The molecule has 0 aliphatic rings. The lowest BCUT2D eigenvalue weighted by molar-refractivity contribution is -0.152. The van der Waals surface area contributed by atoms with Gasteiger partial charge < -0.3 is 4.74 Å². The molecule has 0 aliphatic carbocycles. The summed E-state index contributed by atoms with van der Waals surface area (Å²) in [7, 11) is -5.88. The van der Waals surface area contributed by atoms with Crippen LogP contribution < -0.4 is 0 Å². The number of aryl methyl sites for hydroxylation is 1. The van der Waals surface area contributed by atoms with Crippen molar-refractivity contribution in [1.29, 1.82) is 0 Å². The molecule has 0 radical (unpaired) electrons. The van der Waals surface area contributed by atoms with Gasteiger partial charge in [0.1, 0.15) is 0 Å². The molecular formula is C14H16ClF3O5S. The van der Waals surface area contributed by atoms with Gasteiger partial charge in [-0.2, -0.15) is 21.6 Å². The molecule has 0 amide bonds. The Labute approximate surface area is 142 Å². The summed E-state index contributed by atoms with van der Waals surface area (Å²) in [6.45, 7) is 1.34. The topological polar surface area (TPSA) is 69.7 Å². The van der Waals surface area contributed by atoms with Crippen LogP contribution in [0.4, 0.5) is 13.2 Å². The minimum Gasteiger partial charge on any atom is -0.464 e. The summed E-state index contributed by atoms with van der Waals surface area (Å²) in [5, 5.41) is 0.530. The van der Waals surface area contributed by atoms with E-state index in [1.807, 2.05) is 0 Å². The second-order valence-corrected chi connectivity index (χ2v) is 6.76. The number of hydrogen-bond acceptors (Lipinski definition) is 5. The van der Waals surface area contributed by atoms with Gasteiger partial charge in [0, 0.05) is 5.02 Å². The highest BCUT2D eigenvalue weighted by molar-refractivity contribution is 7.87. The van der Waals surface area contributed by atoms with E-state index < -0.39 is 27.7 Å². The molecule has 0 N–H and O–H groups in total. The number of alkyl halides is 3. The molecule has 0 aromatic heterocycles. The van der Waals surface area contributed by atoms with Gasteiger partial charge in [0.05, 0.1) is 6.61 Å². The number of halogens is 4. The summed E-state index contributed by atoms with van der Waals surface area (Å²) >= 11 is 5.73. The first-order chi connectivity index (χ1) is 11.1. The summed E-state index contributed by atoms with van der Waals surface area (Å²) in [4.78, 5) is 11.6. The van der Waals surface area contributed by atoms with Gasteiger partial charge in [-0.15, -0.1) is 0 Å². The fourth-order valence-electron chi connectivity index (χ4n) is 1.79. The zero-order chi connectivity index (χ0) is 18.4. The molecule has 0 spiro atoms. The maximum Gasteiger partial charge on any atom is 0.523 e. The Hall–Kier alpha value is -1.32. The van der Waals surface area contributed by atoms with Gasteiger partial charge in [-0.05, 0) is 43.9 Å². The molecule has 1 aromatic rings. The van der Waals surface area contributed by atoms with Crippen LogP contribution in [0.15, 0.2) is 24.3 Å². The highest BCUT2D eigenvalue weighted by atomic mass is 35.5. The van der Waals surface area contributed by atoms with Crippen LogP contribution in [-0.4, -0.2) is 32.6 Å². The van der Waals surface area contributed by atoms with E-state index in [2.05, 4.69) is 8.92 Å². The molecule has 1 aromatic carbocycles. The number of benzene rings is 1. The fraction of sp³-hybridized carbons (Fsp3) is 0.500. The molecular weight excluding hydrogens is 373 g/mol. The van der Waals surface area contributed by atoms with Crippen LogP contribution >= 0.6 is 11.6 Å². The molecule has 0 bridgehead atoms. The van der Waals surface area contributed by atoms with Crippen molar-refractivity contribution in [2.45, 2.75) is 37.8 Å². The Morgan fingerprint density at radius 1 is 1.25 bits per heavy atom. The molecule has 24 heavy (non-hydrogen) atoms. The van der Waals surface area contributed by atoms with Crippen LogP contribution in [0, 0.1) is 0 Å². The number of hydrogen-bond donors (Lipinski definition) is 0. The number of carbonyl (C=O) groups is 1. The number of rotatable bonds is 8. The third-order valence-corrected chi connectivity index (χ3v) is 4.23.